The van der Waals surface area contributed by atoms with Gasteiger partial charge in [0.05, 0.1) is 22.5 Å². The van der Waals surface area contributed by atoms with Crippen molar-refractivity contribution in [3.63, 3.8) is 0 Å². The minimum absolute atomic E-state index is 0.146. The molecule has 0 fully saturated rings. The number of hydrogen-bond acceptors (Lipinski definition) is 5. The van der Waals surface area contributed by atoms with Crippen LogP contribution in [0.4, 0.5) is 24.7 Å². The third-order valence-corrected chi connectivity index (χ3v) is 4.27. The molecule has 3 aromatic rings. The number of anilines is 1. The van der Waals surface area contributed by atoms with Crippen LogP contribution in [0.3, 0.4) is 0 Å². The molecule has 0 unspecified atom stereocenters. The number of halogens is 4. The first-order valence-corrected chi connectivity index (χ1v) is 9.17. The summed E-state index contributed by atoms with van der Waals surface area (Å²) in [5.74, 6) is -0.690. The van der Waals surface area contributed by atoms with E-state index >= 15 is 0 Å². The largest absolute Gasteiger partial charge is 0.433 e. The Morgan fingerprint density at radius 3 is 2.48 bits per heavy atom. The molecule has 0 radical (unpaired) electrons. The van der Waals surface area contributed by atoms with Crippen molar-refractivity contribution >= 4 is 40.4 Å². The lowest BCUT2D eigenvalue weighted by atomic mass is 10.2. The fraction of sp³-hybridized carbons (Fsp3) is 0.0476. The van der Waals surface area contributed by atoms with Crippen LogP contribution in [0.1, 0.15) is 15.9 Å². The van der Waals surface area contributed by atoms with Crippen LogP contribution in [0, 0.1) is 0 Å². The van der Waals surface area contributed by atoms with Crippen molar-refractivity contribution in [3.05, 3.63) is 89.3 Å². The Labute approximate surface area is 180 Å². The number of nitrogens with one attached hydrogen (secondary N) is 1. The number of carbonyl (C=O) groups excluding carboxylic acids is 1. The number of nitrogens with two attached hydrogens (primary N) is 1. The van der Waals surface area contributed by atoms with E-state index in [1.165, 1.54) is 36.8 Å². The molecule has 0 saturated carbocycles. The van der Waals surface area contributed by atoms with Crippen molar-refractivity contribution in [1.82, 2.24) is 9.97 Å². The summed E-state index contributed by atoms with van der Waals surface area (Å²) in [6, 6.07) is 12.1. The standard InChI is InChI=1S/C21H15ClF3N5O/c22-16-6-2-1-5-15(16)20(31)29-14-7-8-19(28-12-14)30-18(21(23,24)25)10-17(26)13-4-3-9-27-11-13/h1-12H,26H2,(H,29,31). The summed E-state index contributed by atoms with van der Waals surface area (Å²) in [6.45, 7) is 0. The smallest absolute Gasteiger partial charge is 0.398 e. The lowest BCUT2D eigenvalue weighted by Crippen LogP contribution is -2.22. The Bertz CT molecular complexity index is 1130. The molecule has 1 aromatic carbocycles. The maximum atomic E-state index is 13.4. The van der Waals surface area contributed by atoms with E-state index < -0.39 is 17.8 Å². The molecule has 0 atom stereocenters. The quantitative estimate of drug-likeness (QED) is 0.539. The molecule has 2 heterocycles. The van der Waals surface area contributed by atoms with Crippen LogP contribution in [0.5, 0.6) is 0 Å². The summed E-state index contributed by atoms with van der Waals surface area (Å²) in [4.78, 5) is 23.5. The molecule has 2 aromatic heterocycles. The summed E-state index contributed by atoms with van der Waals surface area (Å²) in [5, 5.41) is 2.83. The Morgan fingerprint density at radius 1 is 1.10 bits per heavy atom. The molecule has 3 N–H and O–H groups in total. The lowest BCUT2D eigenvalue weighted by molar-refractivity contribution is -0.0576. The Balaban J connectivity index is 1.82. The second-order valence-corrected chi connectivity index (χ2v) is 6.58. The molecule has 0 aliphatic rings. The van der Waals surface area contributed by atoms with Gasteiger partial charge in [0.1, 0.15) is 5.71 Å². The van der Waals surface area contributed by atoms with E-state index in [0.29, 0.717) is 11.6 Å². The van der Waals surface area contributed by atoms with Gasteiger partial charge in [0, 0.05) is 23.7 Å². The fourth-order valence-electron chi connectivity index (χ4n) is 2.43. The second-order valence-electron chi connectivity index (χ2n) is 6.18. The van der Waals surface area contributed by atoms with E-state index in [1.54, 1.807) is 30.3 Å². The highest BCUT2D eigenvalue weighted by Crippen LogP contribution is 2.24. The molecule has 31 heavy (non-hydrogen) atoms. The van der Waals surface area contributed by atoms with Gasteiger partial charge >= 0.3 is 6.18 Å². The second kappa shape index (κ2) is 9.40. The van der Waals surface area contributed by atoms with Crippen LogP contribution >= 0.6 is 11.6 Å². The van der Waals surface area contributed by atoms with Crippen molar-refractivity contribution < 1.29 is 18.0 Å². The van der Waals surface area contributed by atoms with E-state index in [1.807, 2.05) is 0 Å². The van der Waals surface area contributed by atoms with Gasteiger partial charge in [0.2, 0.25) is 0 Å². The van der Waals surface area contributed by atoms with E-state index in [-0.39, 0.29) is 27.8 Å². The molecule has 0 aliphatic heterocycles. The number of aromatic nitrogens is 2. The van der Waals surface area contributed by atoms with Crippen LogP contribution in [0.15, 0.2) is 78.2 Å². The zero-order valence-corrected chi connectivity index (χ0v) is 16.5. The van der Waals surface area contributed by atoms with Crippen molar-refractivity contribution in [3.8, 4) is 0 Å². The van der Waals surface area contributed by atoms with Gasteiger partial charge in [-0.1, -0.05) is 23.7 Å². The first kappa shape index (κ1) is 22.0. The van der Waals surface area contributed by atoms with E-state index in [4.69, 9.17) is 17.3 Å². The number of rotatable bonds is 5. The van der Waals surface area contributed by atoms with Crippen LogP contribution in [-0.2, 0) is 0 Å². The number of allylic oxidation sites excluding steroid dienone is 1. The van der Waals surface area contributed by atoms with Gasteiger partial charge in [-0.05, 0) is 42.5 Å². The number of amides is 1. The van der Waals surface area contributed by atoms with Crippen molar-refractivity contribution in [2.75, 3.05) is 5.32 Å². The predicted molar refractivity (Wildman–Crippen MR) is 113 cm³/mol. The van der Waals surface area contributed by atoms with Crippen molar-refractivity contribution in [1.29, 1.82) is 0 Å². The highest BCUT2D eigenvalue weighted by Gasteiger charge is 2.34. The van der Waals surface area contributed by atoms with E-state index in [9.17, 15) is 18.0 Å². The Kier molecular flexibility index (Phi) is 6.66. The van der Waals surface area contributed by atoms with Crippen LogP contribution in [0.25, 0.3) is 5.70 Å². The topological polar surface area (TPSA) is 93.3 Å². The maximum Gasteiger partial charge on any atom is 0.433 e. The van der Waals surface area contributed by atoms with Gasteiger partial charge in [-0.15, -0.1) is 0 Å². The predicted octanol–water partition coefficient (Wildman–Crippen LogP) is 5.02. The lowest BCUT2D eigenvalue weighted by Gasteiger charge is -2.09. The van der Waals surface area contributed by atoms with Gasteiger partial charge in [0.25, 0.3) is 5.91 Å². The van der Waals surface area contributed by atoms with Gasteiger partial charge in [0.15, 0.2) is 5.82 Å². The summed E-state index contributed by atoms with van der Waals surface area (Å²) >= 11 is 5.98. The zero-order chi connectivity index (χ0) is 22.4. The normalized spacial score (nSPS) is 12.5. The molecule has 6 nitrogen and oxygen atoms in total. The number of benzene rings is 1. The van der Waals surface area contributed by atoms with Crippen LogP contribution in [-0.4, -0.2) is 27.8 Å². The van der Waals surface area contributed by atoms with Gasteiger partial charge in [-0.3, -0.25) is 9.78 Å². The molecule has 3 rings (SSSR count). The van der Waals surface area contributed by atoms with Crippen LogP contribution in [0.2, 0.25) is 5.02 Å². The van der Waals surface area contributed by atoms with E-state index in [0.717, 1.165) is 0 Å². The molecule has 0 spiro atoms. The SMILES string of the molecule is NC(=CC(=Nc1ccc(NC(=O)c2ccccc2Cl)cn1)C(F)(F)F)c1cccnc1. The monoisotopic (exact) mass is 445 g/mol. The molecule has 158 valence electrons. The highest BCUT2D eigenvalue weighted by atomic mass is 35.5. The number of pyridine rings is 2. The number of aliphatic imine (C=N–C) groups is 1. The highest BCUT2D eigenvalue weighted by molar-refractivity contribution is 6.34. The molecule has 0 saturated heterocycles. The summed E-state index contributed by atoms with van der Waals surface area (Å²) in [5.41, 5.74) is 5.22. The molecular formula is C21H15ClF3N5O. The number of carbonyl (C=O) groups is 1. The minimum Gasteiger partial charge on any atom is -0.398 e. The average Bonchev–Trinajstić information content (AvgIpc) is 2.74. The van der Waals surface area contributed by atoms with Gasteiger partial charge in [-0.25, -0.2) is 9.98 Å². The van der Waals surface area contributed by atoms with Gasteiger partial charge < -0.3 is 11.1 Å². The molecule has 0 bridgehead atoms. The summed E-state index contributed by atoms with van der Waals surface area (Å²) < 4.78 is 40.2. The van der Waals surface area contributed by atoms with Crippen molar-refractivity contribution in [2.45, 2.75) is 6.18 Å². The van der Waals surface area contributed by atoms with Gasteiger partial charge in [-0.2, -0.15) is 13.2 Å². The number of nitrogens with zero attached hydrogens (tertiary/aromatic N) is 3. The summed E-state index contributed by atoms with van der Waals surface area (Å²) in [6.07, 6.45) is -0.0346. The fourth-order valence-corrected chi connectivity index (χ4v) is 2.66. The Hall–Kier alpha value is -3.72. The average molecular weight is 446 g/mol. The first-order valence-electron chi connectivity index (χ1n) is 8.79. The van der Waals surface area contributed by atoms with Crippen molar-refractivity contribution in [2.24, 2.45) is 10.7 Å². The van der Waals surface area contributed by atoms with E-state index in [2.05, 4.69) is 20.3 Å². The number of alkyl halides is 3. The third-order valence-electron chi connectivity index (χ3n) is 3.94. The molecule has 1 amide bonds. The number of hydrogen-bond donors (Lipinski definition) is 2. The summed E-state index contributed by atoms with van der Waals surface area (Å²) in [7, 11) is 0. The first-order chi connectivity index (χ1) is 14.7. The maximum absolute atomic E-state index is 13.4. The third kappa shape index (κ3) is 5.89. The molecular weight excluding hydrogens is 431 g/mol. The minimum atomic E-state index is -4.76. The molecule has 0 aliphatic carbocycles. The van der Waals surface area contributed by atoms with Crippen LogP contribution < -0.4 is 11.1 Å². The molecule has 10 heteroatoms. The zero-order valence-electron chi connectivity index (χ0n) is 15.8. The Morgan fingerprint density at radius 2 is 1.87 bits per heavy atom.